The van der Waals surface area contributed by atoms with Gasteiger partial charge in [-0.3, -0.25) is 4.90 Å². The van der Waals surface area contributed by atoms with Gasteiger partial charge < -0.3 is 20.2 Å². The molecule has 0 aromatic carbocycles. The average Bonchev–Trinajstić information content (AvgIpc) is 2.73. The Morgan fingerprint density at radius 2 is 2.14 bits per heavy atom. The van der Waals surface area contributed by atoms with Crippen LogP contribution >= 0.6 is 0 Å². The molecule has 0 aliphatic heterocycles. The van der Waals surface area contributed by atoms with E-state index in [-0.39, 0.29) is 12.1 Å². The molecule has 126 valence electrons. The summed E-state index contributed by atoms with van der Waals surface area (Å²) < 4.78 is 10.6. The largest absolute Gasteiger partial charge is 0.469 e. The number of amides is 1. The van der Waals surface area contributed by atoms with Gasteiger partial charge in [0.15, 0.2) is 0 Å². The number of rotatable bonds is 6. The van der Waals surface area contributed by atoms with Gasteiger partial charge in [0, 0.05) is 30.7 Å². The SMILES string of the molecule is Cc1occc1CN(C)C(CN)C(C)NC(=O)OC(C)(C)C. The standard InChI is InChI=1S/C16H29N3O3/c1-11(18-15(20)22-16(3,4)5)14(9-17)19(6)10-13-7-8-21-12(13)2/h7-8,11,14H,9-10,17H2,1-6H3,(H,18,20). The molecule has 0 radical (unpaired) electrons. The number of furan rings is 1. The number of ether oxygens (including phenoxy) is 1. The molecule has 1 amide bonds. The number of nitrogens with one attached hydrogen (secondary N) is 1. The van der Waals surface area contributed by atoms with Crippen molar-refractivity contribution in [2.24, 2.45) is 5.73 Å². The molecule has 1 aromatic rings. The number of likely N-dealkylation sites (N-methyl/N-ethyl adjacent to an activating group) is 1. The summed E-state index contributed by atoms with van der Waals surface area (Å²) in [5.41, 5.74) is 6.49. The first-order valence-corrected chi connectivity index (χ1v) is 7.57. The van der Waals surface area contributed by atoms with Crippen molar-refractivity contribution in [1.82, 2.24) is 10.2 Å². The summed E-state index contributed by atoms with van der Waals surface area (Å²) in [5, 5.41) is 2.86. The van der Waals surface area contributed by atoms with Gasteiger partial charge in [0.2, 0.25) is 0 Å². The third kappa shape index (κ3) is 5.69. The van der Waals surface area contributed by atoms with E-state index in [1.807, 2.05) is 47.7 Å². The Hall–Kier alpha value is -1.53. The van der Waals surface area contributed by atoms with Crippen LogP contribution in [-0.2, 0) is 11.3 Å². The Balaban J connectivity index is 2.61. The average molecular weight is 311 g/mol. The van der Waals surface area contributed by atoms with Crippen LogP contribution in [0, 0.1) is 6.92 Å². The summed E-state index contributed by atoms with van der Waals surface area (Å²) in [5.74, 6) is 0.898. The summed E-state index contributed by atoms with van der Waals surface area (Å²) in [4.78, 5) is 14.0. The number of nitrogens with zero attached hydrogens (tertiary/aromatic N) is 1. The van der Waals surface area contributed by atoms with Gasteiger partial charge in [-0.15, -0.1) is 0 Å². The smallest absolute Gasteiger partial charge is 0.407 e. The molecule has 0 spiro atoms. The molecule has 0 fully saturated rings. The maximum absolute atomic E-state index is 11.9. The molecule has 1 rings (SSSR count). The van der Waals surface area contributed by atoms with Crippen LogP contribution < -0.4 is 11.1 Å². The fourth-order valence-corrected chi connectivity index (χ4v) is 2.32. The minimum atomic E-state index is -0.512. The van der Waals surface area contributed by atoms with Gasteiger partial charge in [-0.05, 0) is 47.7 Å². The fraction of sp³-hybridized carbons (Fsp3) is 0.688. The second kappa shape index (κ2) is 7.65. The number of carbonyl (C=O) groups excluding carboxylic acids is 1. The van der Waals surface area contributed by atoms with Crippen molar-refractivity contribution < 1.29 is 13.9 Å². The van der Waals surface area contributed by atoms with Crippen molar-refractivity contribution in [1.29, 1.82) is 0 Å². The minimum absolute atomic E-state index is 0.00168. The van der Waals surface area contributed by atoms with Crippen molar-refractivity contribution >= 4 is 6.09 Å². The zero-order chi connectivity index (χ0) is 16.9. The van der Waals surface area contributed by atoms with E-state index in [0.29, 0.717) is 13.1 Å². The highest BCUT2D eigenvalue weighted by atomic mass is 16.6. The summed E-state index contributed by atoms with van der Waals surface area (Å²) in [6, 6.07) is 1.82. The van der Waals surface area contributed by atoms with E-state index in [1.165, 1.54) is 0 Å². The molecule has 2 unspecified atom stereocenters. The quantitative estimate of drug-likeness (QED) is 0.842. The van der Waals surface area contributed by atoms with Crippen LogP contribution in [0.3, 0.4) is 0 Å². The van der Waals surface area contributed by atoms with E-state index < -0.39 is 11.7 Å². The topological polar surface area (TPSA) is 80.7 Å². The van der Waals surface area contributed by atoms with Gasteiger partial charge in [0.25, 0.3) is 0 Å². The third-order valence-electron chi connectivity index (χ3n) is 3.52. The Labute approximate surface area is 133 Å². The zero-order valence-corrected chi connectivity index (χ0v) is 14.5. The number of hydrogen-bond donors (Lipinski definition) is 2. The van der Waals surface area contributed by atoms with Crippen molar-refractivity contribution in [2.45, 2.75) is 58.8 Å². The zero-order valence-electron chi connectivity index (χ0n) is 14.5. The highest BCUT2D eigenvalue weighted by Crippen LogP contribution is 2.14. The Morgan fingerprint density at radius 1 is 1.50 bits per heavy atom. The molecular formula is C16H29N3O3. The Morgan fingerprint density at radius 3 is 2.59 bits per heavy atom. The van der Waals surface area contributed by atoms with Crippen LogP contribution in [0.25, 0.3) is 0 Å². The summed E-state index contributed by atoms with van der Waals surface area (Å²) in [7, 11) is 1.98. The van der Waals surface area contributed by atoms with Crippen LogP contribution in [0.2, 0.25) is 0 Å². The predicted octanol–water partition coefficient (Wildman–Crippen LogP) is 2.26. The molecule has 1 heterocycles. The van der Waals surface area contributed by atoms with Crippen LogP contribution in [0.15, 0.2) is 16.7 Å². The van der Waals surface area contributed by atoms with Crippen LogP contribution in [-0.4, -0.2) is 42.3 Å². The minimum Gasteiger partial charge on any atom is -0.469 e. The van der Waals surface area contributed by atoms with Crippen molar-refractivity contribution in [3.05, 3.63) is 23.7 Å². The Kier molecular flexibility index (Phi) is 6.44. The monoisotopic (exact) mass is 311 g/mol. The van der Waals surface area contributed by atoms with Crippen LogP contribution in [0.1, 0.15) is 39.0 Å². The van der Waals surface area contributed by atoms with E-state index in [4.69, 9.17) is 14.9 Å². The predicted molar refractivity (Wildman–Crippen MR) is 86.6 cm³/mol. The van der Waals surface area contributed by atoms with E-state index in [1.54, 1.807) is 6.26 Å². The molecule has 22 heavy (non-hydrogen) atoms. The van der Waals surface area contributed by atoms with Gasteiger partial charge in [0.05, 0.1) is 6.26 Å². The van der Waals surface area contributed by atoms with Gasteiger partial charge in [-0.25, -0.2) is 4.79 Å². The first-order chi connectivity index (χ1) is 10.1. The van der Waals surface area contributed by atoms with E-state index in [0.717, 1.165) is 11.3 Å². The number of alkyl carbamates (subject to hydrolysis) is 1. The normalized spacial score (nSPS) is 14.7. The summed E-state index contributed by atoms with van der Waals surface area (Å²) in [6.07, 6.45) is 1.25. The second-order valence-electron chi connectivity index (χ2n) is 6.66. The van der Waals surface area contributed by atoms with Crippen LogP contribution in [0.5, 0.6) is 0 Å². The number of aryl methyl sites for hydroxylation is 1. The van der Waals surface area contributed by atoms with E-state index in [9.17, 15) is 4.79 Å². The van der Waals surface area contributed by atoms with Gasteiger partial charge in [-0.2, -0.15) is 0 Å². The van der Waals surface area contributed by atoms with Crippen LogP contribution in [0.4, 0.5) is 4.79 Å². The van der Waals surface area contributed by atoms with Crippen molar-refractivity contribution in [2.75, 3.05) is 13.6 Å². The highest BCUT2D eigenvalue weighted by molar-refractivity contribution is 5.68. The maximum Gasteiger partial charge on any atom is 0.407 e. The Bertz CT molecular complexity index is 479. The molecule has 2 atom stereocenters. The lowest BCUT2D eigenvalue weighted by molar-refractivity contribution is 0.0476. The molecule has 0 saturated heterocycles. The van der Waals surface area contributed by atoms with Gasteiger partial charge in [-0.1, -0.05) is 0 Å². The maximum atomic E-state index is 11.9. The molecule has 3 N–H and O–H groups in total. The highest BCUT2D eigenvalue weighted by Gasteiger charge is 2.25. The first-order valence-electron chi connectivity index (χ1n) is 7.57. The molecule has 0 saturated carbocycles. The van der Waals surface area contributed by atoms with Crippen molar-refractivity contribution in [3.8, 4) is 0 Å². The van der Waals surface area contributed by atoms with Crippen molar-refractivity contribution in [3.63, 3.8) is 0 Å². The molecule has 6 heteroatoms. The van der Waals surface area contributed by atoms with E-state index in [2.05, 4.69) is 10.2 Å². The number of carbonyl (C=O) groups is 1. The molecule has 6 nitrogen and oxygen atoms in total. The number of nitrogens with two attached hydrogens (primary N) is 1. The molecule has 0 aliphatic rings. The summed E-state index contributed by atoms with van der Waals surface area (Å²) in [6.45, 7) is 10.5. The molecule has 0 bridgehead atoms. The molecule has 0 aliphatic carbocycles. The van der Waals surface area contributed by atoms with Gasteiger partial charge in [0.1, 0.15) is 11.4 Å². The lowest BCUT2D eigenvalue weighted by Crippen LogP contribution is -2.53. The van der Waals surface area contributed by atoms with E-state index >= 15 is 0 Å². The fourth-order valence-electron chi connectivity index (χ4n) is 2.32. The molecule has 1 aromatic heterocycles. The van der Waals surface area contributed by atoms with Gasteiger partial charge >= 0.3 is 6.09 Å². The lowest BCUT2D eigenvalue weighted by atomic mass is 10.1. The number of hydrogen-bond acceptors (Lipinski definition) is 5. The second-order valence-corrected chi connectivity index (χ2v) is 6.66. The molecular weight excluding hydrogens is 282 g/mol. The summed E-state index contributed by atoms with van der Waals surface area (Å²) >= 11 is 0. The first kappa shape index (κ1) is 18.5. The third-order valence-corrected chi connectivity index (χ3v) is 3.52. The lowest BCUT2D eigenvalue weighted by Gasteiger charge is -2.32.